The van der Waals surface area contributed by atoms with Crippen molar-refractivity contribution >= 4 is 11.9 Å². The van der Waals surface area contributed by atoms with E-state index in [0.717, 1.165) is 57.8 Å². The zero-order chi connectivity index (χ0) is 19.2. The minimum Gasteiger partial charge on any atom is -0.469 e. The van der Waals surface area contributed by atoms with Crippen molar-refractivity contribution in [2.75, 3.05) is 7.11 Å². The Morgan fingerprint density at radius 2 is 2.15 bits per heavy atom. The van der Waals surface area contributed by atoms with E-state index < -0.39 is 5.41 Å². The van der Waals surface area contributed by atoms with Crippen LogP contribution in [0.5, 0.6) is 0 Å². The van der Waals surface area contributed by atoms with Crippen LogP contribution in [0, 0.1) is 23.2 Å². The summed E-state index contributed by atoms with van der Waals surface area (Å²) in [6.07, 6.45) is 12.4. The number of unbranched alkanes of at least 4 members (excludes halogenated alkanes) is 2. The van der Waals surface area contributed by atoms with Crippen molar-refractivity contribution in [2.45, 2.75) is 77.2 Å². The van der Waals surface area contributed by atoms with Crippen LogP contribution in [-0.2, 0) is 14.3 Å². The molecule has 0 heterocycles. The van der Waals surface area contributed by atoms with E-state index in [9.17, 15) is 14.7 Å². The number of primary amides is 1. The molecule has 0 saturated heterocycles. The monoisotopic (exact) mass is 365 g/mol. The highest BCUT2D eigenvalue weighted by molar-refractivity contribution is 5.82. The van der Waals surface area contributed by atoms with Gasteiger partial charge in [-0.05, 0) is 62.7 Å². The molecule has 3 N–H and O–H groups in total. The molecule has 148 valence electrons. The van der Waals surface area contributed by atoms with Gasteiger partial charge in [0.1, 0.15) is 0 Å². The average molecular weight is 366 g/mol. The van der Waals surface area contributed by atoms with Gasteiger partial charge in [0.2, 0.25) is 5.91 Å². The summed E-state index contributed by atoms with van der Waals surface area (Å²) in [7, 11) is 1.40. The van der Waals surface area contributed by atoms with Gasteiger partial charge in [0.05, 0.1) is 18.6 Å². The Morgan fingerprint density at radius 1 is 1.38 bits per heavy atom. The summed E-state index contributed by atoms with van der Waals surface area (Å²) in [6.45, 7) is 2.13. The van der Waals surface area contributed by atoms with Gasteiger partial charge in [0, 0.05) is 6.42 Å². The highest BCUT2D eigenvalue weighted by Crippen LogP contribution is 2.62. The Bertz CT molecular complexity index is 518. The lowest BCUT2D eigenvalue weighted by Gasteiger charge is -2.36. The van der Waals surface area contributed by atoms with Crippen molar-refractivity contribution in [3.8, 4) is 0 Å². The van der Waals surface area contributed by atoms with Crippen molar-refractivity contribution in [3.05, 3.63) is 12.2 Å². The Kier molecular flexibility index (Phi) is 7.69. The van der Waals surface area contributed by atoms with Crippen LogP contribution in [0.15, 0.2) is 12.2 Å². The fourth-order valence-corrected chi connectivity index (χ4v) is 5.12. The van der Waals surface area contributed by atoms with Gasteiger partial charge < -0.3 is 15.6 Å². The molecule has 1 amide bonds. The van der Waals surface area contributed by atoms with Crippen molar-refractivity contribution in [2.24, 2.45) is 28.9 Å². The van der Waals surface area contributed by atoms with Crippen LogP contribution < -0.4 is 5.73 Å². The van der Waals surface area contributed by atoms with E-state index in [-0.39, 0.29) is 23.9 Å². The highest BCUT2D eigenvalue weighted by atomic mass is 16.5. The average Bonchev–Trinajstić information content (AvgIpc) is 3.18. The Labute approximate surface area is 157 Å². The quantitative estimate of drug-likeness (QED) is 0.334. The van der Waals surface area contributed by atoms with Gasteiger partial charge >= 0.3 is 5.97 Å². The molecule has 2 saturated carbocycles. The molecule has 5 unspecified atom stereocenters. The number of carbonyl (C=O) groups is 2. The molecule has 2 fully saturated rings. The standard InChI is InChI=1S/C21H35NO4/c1-3-4-8-16(23)13-17-15-11-12-21(14-15,20(22)25)18(17)9-6-5-7-10-19(24)26-2/h6,9,15-18,23H,3-5,7-8,10-14H2,1-2H3,(H2,22,25). The van der Waals surface area contributed by atoms with Crippen molar-refractivity contribution < 1.29 is 19.4 Å². The number of esters is 1. The van der Waals surface area contributed by atoms with Gasteiger partial charge in [-0.25, -0.2) is 0 Å². The Balaban J connectivity index is 2.01. The maximum Gasteiger partial charge on any atom is 0.305 e. The third kappa shape index (κ3) is 4.67. The number of rotatable bonds is 11. The van der Waals surface area contributed by atoms with Crippen LogP contribution in [0.25, 0.3) is 0 Å². The first kappa shape index (κ1) is 20.9. The summed E-state index contributed by atoms with van der Waals surface area (Å²) in [5.74, 6) is 0.565. The number of fused-ring (bicyclic) bond motifs is 2. The molecule has 0 aromatic carbocycles. The summed E-state index contributed by atoms with van der Waals surface area (Å²) in [5, 5.41) is 10.4. The van der Waals surface area contributed by atoms with Crippen LogP contribution in [0.1, 0.15) is 71.1 Å². The lowest BCUT2D eigenvalue weighted by atomic mass is 9.68. The number of aliphatic hydroxyl groups is 1. The summed E-state index contributed by atoms with van der Waals surface area (Å²) in [4.78, 5) is 23.5. The fourth-order valence-electron chi connectivity index (χ4n) is 5.12. The molecule has 0 spiro atoms. The number of allylic oxidation sites excluding steroid dienone is 2. The summed E-state index contributed by atoms with van der Waals surface area (Å²) >= 11 is 0. The van der Waals surface area contributed by atoms with Gasteiger partial charge in [-0.2, -0.15) is 0 Å². The lowest BCUT2D eigenvalue weighted by Crippen LogP contribution is -2.41. The predicted octanol–water partition coefficient (Wildman–Crippen LogP) is 3.34. The first-order chi connectivity index (χ1) is 12.4. The molecular weight excluding hydrogens is 330 g/mol. The normalized spacial score (nSPS) is 31.4. The summed E-state index contributed by atoms with van der Waals surface area (Å²) < 4.78 is 4.66. The van der Waals surface area contributed by atoms with E-state index in [1.165, 1.54) is 7.11 Å². The summed E-state index contributed by atoms with van der Waals surface area (Å²) in [5.41, 5.74) is 5.39. The number of hydrogen-bond donors (Lipinski definition) is 2. The Morgan fingerprint density at radius 3 is 2.81 bits per heavy atom. The lowest BCUT2D eigenvalue weighted by molar-refractivity contribution is -0.140. The predicted molar refractivity (Wildman–Crippen MR) is 101 cm³/mol. The molecule has 2 aliphatic carbocycles. The van der Waals surface area contributed by atoms with Gasteiger partial charge in [-0.15, -0.1) is 0 Å². The number of ether oxygens (including phenoxy) is 1. The van der Waals surface area contributed by atoms with Crippen LogP contribution in [0.3, 0.4) is 0 Å². The van der Waals surface area contributed by atoms with Crippen LogP contribution in [-0.4, -0.2) is 30.2 Å². The number of hydrogen-bond acceptors (Lipinski definition) is 4. The van der Waals surface area contributed by atoms with Gasteiger partial charge in [0.15, 0.2) is 0 Å². The van der Waals surface area contributed by atoms with Gasteiger partial charge in [-0.1, -0.05) is 31.9 Å². The molecule has 0 aromatic heterocycles. The van der Waals surface area contributed by atoms with Gasteiger partial charge in [0.25, 0.3) is 0 Å². The molecule has 0 aliphatic heterocycles. The van der Waals surface area contributed by atoms with Gasteiger partial charge in [-0.3, -0.25) is 9.59 Å². The number of aliphatic hydroxyl groups excluding tert-OH is 1. The van der Waals surface area contributed by atoms with Crippen LogP contribution in [0.2, 0.25) is 0 Å². The molecule has 2 rings (SSSR count). The van der Waals surface area contributed by atoms with E-state index in [0.29, 0.717) is 18.3 Å². The smallest absolute Gasteiger partial charge is 0.305 e. The van der Waals surface area contributed by atoms with Crippen molar-refractivity contribution in [1.82, 2.24) is 0 Å². The maximum atomic E-state index is 12.3. The van der Waals surface area contributed by atoms with Crippen molar-refractivity contribution in [1.29, 1.82) is 0 Å². The topological polar surface area (TPSA) is 89.6 Å². The molecule has 26 heavy (non-hydrogen) atoms. The second kappa shape index (κ2) is 9.54. The largest absolute Gasteiger partial charge is 0.469 e. The molecule has 0 aromatic rings. The number of methoxy groups -OCH3 is 1. The number of amides is 1. The van der Waals surface area contributed by atoms with E-state index in [1.54, 1.807) is 0 Å². The zero-order valence-electron chi connectivity index (χ0n) is 16.3. The fraction of sp³-hybridized carbons (Fsp3) is 0.810. The molecule has 2 aliphatic rings. The second-order valence-corrected chi connectivity index (χ2v) is 8.14. The van der Waals surface area contributed by atoms with Crippen LogP contribution in [0.4, 0.5) is 0 Å². The van der Waals surface area contributed by atoms with E-state index >= 15 is 0 Å². The number of nitrogens with two attached hydrogens (primary N) is 1. The first-order valence-electron chi connectivity index (χ1n) is 10.2. The first-order valence-corrected chi connectivity index (χ1v) is 10.2. The van der Waals surface area contributed by atoms with E-state index in [4.69, 9.17) is 5.73 Å². The molecule has 5 atom stereocenters. The number of carbonyl (C=O) groups excluding carboxylic acids is 2. The summed E-state index contributed by atoms with van der Waals surface area (Å²) in [6, 6.07) is 0. The second-order valence-electron chi connectivity index (χ2n) is 8.14. The third-order valence-electron chi connectivity index (χ3n) is 6.54. The molecule has 2 bridgehead atoms. The highest BCUT2D eigenvalue weighted by Gasteiger charge is 2.59. The zero-order valence-corrected chi connectivity index (χ0v) is 16.3. The Hall–Kier alpha value is -1.36. The minimum atomic E-state index is -0.432. The molecular formula is C21H35NO4. The maximum absolute atomic E-state index is 12.3. The van der Waals surface area contributed by atoms with Crippen LogP contribution >= 0.6 is 0 Å². The van der Waals surface area contributed by atoms with E-state index in [2.05, 4.69) is 23.8 Å². The minimum absolute atomic E-state index is 0.119. The molecule has 5 heteroatoms. The molecule has 0 radical (unpaired) electrons. The van der Waals surface area contributed by atoms with E-state index in [1.807, 2.05) is 0 Å². The SMILES string of the molecule is CCCCC(O)CC1C2CCC(C(N)=O)(C2)C1C=CCCCC(=O)OC. The van der Waals surface area contributed by atoms with Crippen molar-refractivity contribution in [3.63, 3.8) is 0 Å². The molecule has 5 nitrogen and oxygen atoms in total. The third-order valence-corrected chi connectivity index (χ3v) is 6.54.